The Morgan fingerprint density at radius 1 is 0.389 bits per heavy atom. The summed E-state index contributed by atoms with van der Waals surface area (Å²) in [6.07, 6.45) is 1.83. The van der Waals surface area contributed by atoms with Crippen LogP contribution in [0.2, 0.25) is 0 Å². The highest BCUT2D eigenvalue weighted by Crippen LogP contribution is 2.37. The molecule has 4 heteroatoms. The molecule has 8 aromatic rings. The van der Waals surface area contributed by atoms with Crippen molar-refractivity contribution in [2.45, 2.75) is 0 Å². The highest BCUT2D eigenvalue weighted by Gasteiger charge is 2.15. The first-order valence-corrected chi connectivity index (χ1v) is 12.0. The molecule has 0 aliphatic rings. The van der Waals surface area contributed by atoms with Crippen LogP contribution >= 0.6 is 0 Å². The van der Waals surface area contributed by atoms with Gasteiger partial charge in [-0.15, -0.1) is 10.2 Å². The molecule has 0 radical (unpaired) electrons. The highest BCUT2D eigenvalue weighted by atomic mass is 15.2. The van der Waals surface area contributed by atoms with Crippen molar-refractivity contribution in [2.75, 3.05) is 0 Å². The maximum atomic E-state index is 5.06. The predicted molar refractivity (Wildman–Crippen MR) is 148 cm³/mol. The van der Waals surface area contributed by atoms with Gasteiger partial charge in [-0.2, -0.15) is 0 Å². The van der Waals surface area contributed by atoms with Gasteiger partial charge in [-0.3, -0.25) is 4.98 Å². The normalized spacial score (nSPS) is 11.9. The second-order valence-corrected chi connectivity index (χ2v) is 9.13. The lowest BCUT2D eigenvalue weighted by Gasteiger charge is -2.12. The van der Waals surface area contributed by atoms with E-state index in [9.17, 15) is 0 Å². The molecule has 0 saturated heterocycles. The molecule has 2 aromatic heterocycles. The van der Waals surface area contributed by atoms with Gasteiger partial charge in [0.25, 0.3) is 0 Å². The van der Waals surface area contributed by atoms with E-state index in [1.54, 1.807) is 0 Å². The lowest BCUT2D eigenvalue weighted by molar-refractivity contribution is 1.04. The first kappa shape index (κ1) is 19.4. The van der Waals surface area contributed by atoms with Gasteiger partial charge >= 0.3 is 0 Å². The van der Waals surface area contributed by atoms with E-state index in [0.29, 0.717) is 5.82 Å². The van der Waals surface area contributed by atoms with Crippen LogP contribution in [-0.4, -0.2) is 20.2 Å². The molecule has 36 heavy (non-hydrogen) atoms. The van der Waals surface area contributed by atoms with Gasteiger partial charge in [-0.05, 0) is 50.5 Å². The molecule has 8 rings (SSSR count). The van der Waals surface area contributed by atoms with E-state index in [0.717, 1.165) is 38.3 Å². The Bertz CT molecular complexity index is 1940. The van der Waals surface area contributed by atoms with E-state index in [4.69, 9.17) is 4.98 Å². The number of aromatic nitrogens is 4. The zero-order chi connectivity index (χ0) is 23.6. The van der Waals surface area contributed by atoms with E-state index in [1.165, 1.54) is 32.3 Å². The van der Waals surface area contributed by atoms with Gasteiger partial charge in [0, 0.05) is 27.9 Å². The number of fused-ring (bicyclic) bond motifs is 12. The lowest BCUT2D eigenvalue weighted by atomic mass is 9.93. The Labute approximate surface area is 205 Å². The molecule has 0 N–H and O–H groups in total. The van der Waals surface area contributed by atoms with Crippen molar-refractivity contribution in [1.29, 1.82) is 0 Å². The zero-order valence-corrected chi connectivity index (χ0v) is 19.2. The number of rotatable bonds is 1. The Hall–Kier alpha value is -4.96. The van der Waals surface area contributed by atoms with Crippen LogP contribution in [0.25, 0.3) is 76.4 Å². The molecule has 2 heterocycles. The van der Waals surface area contributed by atoms with Crippen LogP contribution in [0, 0.1) is 0 Å². The summed E-state index contributed by atoms with van der Waals surface area (Å²) in [4.78, 5) is 9.74. The fourth-order valence-corrected chi connectivity index (χ4v) is 5.57. The summed E-state index contributed by atoms with van der Waals surface area (Å²) in [5.41, 5.74) is 3.50. The quantitative estimate of drug-likeness (QED) is 0.235. The second kappa shape index (κ2) is 7.27. The van der Waals surface area contributed by atoms with E-state index in [1.807, 2.05) is 24.4 Å². The first-order chi connectivity index (χ1) is 17.9. The summed E-state index contributed by atoms with van der Waals surface area (Å²) in [6, 6.07) is 35.9. The Morgan fingerprint density at radius 2 is 0.944 bits per heavy atom. The summed E-state index contributed by atoms with van der Waals surface area (Å²) in [6.45, 7) is 0. The largest absolute Gasteiger partial charge is 0.256 e. The van der Waals surface area contributed by atoms with Crippen LogP contribution in [-0.2, 0) is 0 Å². The fourth-order valence-electron chi connectivity index (χ4n) is 5.57. The summed E-state index contributed by atoms with van der Waals surface area (Å²) in [7, 11) is 0. The van der Waals surface area contributed by atoms with Crippen molar-refractivity contribution in [3.05, 3.63) is 109 Å². The minimum Gasteiger partial charge on any atom is -0.256 e. The minimum atomic E-state index is 0.613. The molecular weight excluding hydrogens is 440 g/mol. The van der Waals surface area contributed by atoms with Crippen molar-refractivity contribution in [1.82, 2.24) is 20.2 Å². The number of nitrogens with zero attached hydrogens (tertiary/aromatic N) is 4. The standard InChI is InChI=1S/C32H18N4/c1-2-10-22-20(8-1)21-9-3-4-11-23(21)28-18-19(15-16-24(22)28)32-34-30-27-14-7-17-33-29(27)25-12-5-6-13-26(25)31(30)35-36-32/h1-18H. The lowest BCUT2D eigenvalue weighted by Crippen LogP contribution is -1.97. The van der Waals surface area contributed by atoms with Gasteiger partial charge in [0.15, 0.2) is 5.82 Å². The van der Waals surface area contributed by atoms with Crippen molar-refractivity contribution < 1.29 is 0 Å². The molecule has 0 aliphatic heterocycles. The molecule has 166 valence electrons. The summed E-state index contributed by atoms with van der Waals surface area (Å²) < 4.78 is 0. The van der Waals surface area contributed by atoms with Gasteiger partial charge in [0.05, 0.1) is 5.52 Å². The number of pyridine rings is 1. The average molecular weight is 459 g/mol. The van der Waals surface area contributed by atoms with E-state index < -0.39 is 0 Å². The SMILES string of the molecule is c1ccc2c(c1)c1ccccc1c1cc(-c3nnc4c5ccccc5c5ncccc5c4n3)ccc21. The molecule has 0 atom stereocenters. The van der Waals surface area contributed by atoms with Crippen molar-refractivity contribution >= 4 is 65.0 Å². The molecule has 0 amide bonds. The van der Waals surface area contributed by atoms with Crippen LogP contribution in [0.4, 0.5) is 0 Å². The smallest absolute Gasteiger partial charge is 0.182 e. The third-order valence-corrected chi connectivity index (χ3v) is 7.19. The molecule has 0 bridgehead atoms. The maximum Gasteiger partial charge on any atom is 0.182 e. The van der Waals surface area contributed by atoms with Crippen LogP contribution in [0.5, 0.6) is 0 Å². The van der Waals surface area contributed by atoms with Gasteiger partial charge in [-0.25, -0.2) is 4.98 Å². The molecule has 0 spiro atoms. The van der Waals surface area contributed by atoms with Crippen LogP contribution in [0.3, 0.4) is 0 Å². The van der Waals surface area contributed by atoms with E-state index in [-0.39, 0.29) is 0 Å². The highest BCUT2D eigenvalue weighted by molar-refractivity contribution is 6.26. The molecule has 4 nitrogen and oxygen atoms in total. The molecule has 6 aromatic carbocycles. The topological polar surface area (TPSA) is 51.6 Å². The maximum absolute atomic E-state index is 5.06. The molecule has 0 aliphatic carbocycles. The molecule has 0 fully saturated rings. The monoisotopic (exact) mass is 458 g/mol. The predicted octanol–water partition coefficient (Wildman–Crippen LogP) is 7.85. The molecule has 0 saturated carbocycles. The van der Waals surface area contributed by atoms with Gasteiger partial charge < -0.3 is 0 Å². The summed E-state index contributed by atoms with van der Waals surface area (Å²) in [5.74, 6) is 0.613. The summed E-state index contributed by atoms with van der Waals surface area (Å²) >= 11 is 0. The third kappa shape index (κ3) is 2.64. The van der Waals surface area contributed by atoms with Crippen molar-refractivity contribution in [2.24, 2.45) is 0 Å². The minimum absolute atomic E-state index is 0.613. The number of hydrogen-bond acceptors (Lipinski definition) is 4. The Balaban J connectivity index is 1.45. The van der Waals surface area contributed by atoms with Crippen LogP contribution < -0.4 is 0 Å². The fraction of sp³-hybridized carbons (Fsp3) is 0. The van der Waals surface area contributed by atoms with Gasteiger partial charge in [-0.1, -0.05) is 84.9 Å². The number of hydrogen-bond donors (Lipinski definition) is 0. The third-order valence-electron chi connectivity index (χ3n) is 7.19. The summed E-state index contributed by atoms with van der Waals surface area (Å²) in [5, 5.41) is 19.8. The Morgan fingerprint density at radius 3 is 1.64 bits per heavy atom. The van der Waals surface area contributed by atoms with Crippen LogP contribution in [0.15, 0.2) is 109 Å². The van der Waals surface area contributed by atoms with Crippen molar-refractivity contribution in [3.63, 3.8) is 0 Å². The second-order valence-electron chi connectivity index (χ2n) is 9.13. The first-order valence-electron chi connectivity index (χ1n) is 12.0. The molecular formula is C32H18N4. The average Bonchev–Trinajstić information content (AvgIpc) is 2.97. The van der Waals surface area contributed by atoms with E-state index >= 15 is 0 Å². The van der Waals surface area contributed by atoms with Crippen LogP contribution in [0.1, 0.15) is 0 Å². The Kier molecular flexibility index (Phi) is 3.91. The van der Waals surface area contributed by atoms with Gasteiger partial charge in [0.1, 0.15) is 11.0 Å². The molecule has 0 unspecified atom stereocenters. The van der Waals surface area contributed by atoms with Gasteiger partial charge in [0.2, 0.25) is 0 Å². The number of benzene rings is 6. The zero-order valence-electron chi connectivity index (χ0n) is 19.2. The van der Waals surface area contributed by atoms with E-state index in [2.05, 4.69) is 100 Å². The van der Waals surface area contributed by atoms with Crippen molar-refractivity contribution in [3.8, 4) is 11.4 Å².